The van der Waals surface area contributed by atoms with Gasteiger partial charge in [0.05, 0.1) is 30.3 Å². The Morgan fingerprint density at radius 1 is 1.22 bits per heavy atom. The predicted octanol–water partition coefficient (Wildman–Crippen LogP) is 3.55. The first kappa shape index (κ1) is 24.7. The molecular formula is C26H36O6. The third kappa shape index (κ3) is 5.33. The first-order chi connectivity index (χ1) is 15.2. The quantitative estimate of drug-likeness (QED) is 0.546. The van der Waals surface area contributed by atoms with Crippen molar-refractivity contribution in [3.8, 4) is 0 Å². The number of aliphatic hydroxyl groups excluding tert-OH is 2. The van der Waals surface area contributed by atoms with E-state index in [1.54, 1.807) is 13.8 Å². The number of aliphatic hydroxyl groups is 2. The zero-order valence-electron chi connectivity index (χ0n) is 19.7. The summed E-state index contributed by atoms with van der Waals surface area (Å²) in [6, 6.07) is 9.92. The fourth-order valence-electron chi connectivity index (χ4n) is 4.62. The monoisotopic (exact) mass is 444 g/mol. The summed E-state index contributed by atoms with van der Waals surface area (Å²) in [5, 5.41) is 21.5. The van der Waals surface area contributed by atoms with Crippen LogP contribution in [0.2, 0.25) is 0 Å². The Labute approximate surface area is 190 Å². The van der Waals surface area contributed by atoms with Crippen molar-refractivity contribution >= 4 is 5.97 Å². The second-order valence-electron chi connectivity index (χ2n) is 9.39. The molecular weight excluding hydrogens is 408 g/mol. The Bertz CT molecular complexity index is 845. The maximum absolute atomic E-state index is 12.8. The minimum atomic E-state index is -1.17. The van der Waals surface area contributed by atoms with E-state index < -0.39 is 41.9 Å². The number of carbonyl (C=O) groups excluding carboxylic acids is 1. The van der Waals surface area contributed by atoms with Crippen molar-refractivity contribution < 1.29 is 29.2 Å². The van der Waals surface area contributed by atoms with Crippen molar-refractivity contribution in [2.75, 3.05) is 0 Å². The lowest BCUT2D eigenvalue weighted by Crippen LogP contribution is -2.43. The molecule has 8 atom stereocenters. The van der Waals surface area contributed by atoms with E-state index >= 15 is 0 Å². The molecule has 32 heavy (non-hydrogen) atoms. The molecule has 2 heterocycles. The summed E-state index contributed by atoms with van der Waals surface area (Å²) in [5.41, 5.74) is 4.14. The Morgan fingerprint density at radius 2 is 1.91 bits per heavy atom. The molecule has 2 bridgehead atoms. The molecule has 1 aromatic rings. The van der Waals surface area contributed by atoms with E-state index in [0.717, 1.165) is 11.1 Å². The number of benzene rings is 1. The fraction of sp³-hybridized carbons (Fsp3) is 0.615. The van der Waals surface area contributed by atoms with Gasteiger partial charge < -0.3 is 24.4 Å². The first-order valence-electron chi connectivity index (χ1n) is 11.5. The highest BCUT2D eigenvalue weighted by Gasteiger charge is 2.54. The van der Waals surface area contributed by atoms with E-state index in [1.165, 1.54) is 0 Å². The van der Waals surface area contributed by atoms with Crippen LogP contribution in [0.5, 0.6) is 0 Å². The number of carbonyl (C=O) groups is 1. The Morgan fingerprint density at radius 3 is 2.56 bits per heavy atom. The predicted molar refractivity (Wildman–Crippen MR) is 121 cm³/mol. The molecule has 176 valence electrons. The van der Waals surface area contributed by atoms with Crippen LogP contribution in [0.3, 0.4) is 0 Å². The summed E-state index contributed by atoms with van der Waals surface area (Å²) in [6.07, 6.45) is -0.947. The highest BCUT2D eigenvalue weighted by Crippen LogP contribution is 2.40. The molecule has 6 nitrogen and oxygen atoms in total. The Hall–Kier alpha value is -1.95. The van der Waals surface area contributed by atoms with Gasteiger partial charge in [0.2, 0.25) is 0 Å². The summed E-state index contributed by atoms with van der Waals surface area (Å²) in [7, 11) is 0. The molecule has 3 rings (SSSR count). The normalized spacial score (nSPS) is 38.3. The molecule has 8 unspecified atom stereocenters. The van der Waals surface area contributed by atoms with Gasteiger partial charge in [-0.05, 0) is 51.2 Å². The second kappa shape index (κ2) is 10.3. The van der Waals surface area contributed by atoms with Crippen LogP contribution in [0.4, 0.5) is 0 Å². The number of cyclic esters (lactones) is 1. The summed E-state index contributed by atoms with van der Waals surface area (Å²) >= 11 is 0. The second-order valence-corrected chi connectivity index (χ2v) is 9.39. The molecule has 0 amide bonds. The summed E-state index contributed by atoms with van der Waals surface area (Å²) in [4.78, 5) is 12.8. The maximum Gasteiger partial charge on any atom is 0.312 e. The van der Waals surface area contributed by atoms with Crippen LogP contribution in [0.15, 0.2) is 47.7 Å². The van der Waals surface area contributed by atoms with Crippen LogP contribution in [0, 0.1) is 11.8 Å². The van der Waals surface area contributed by atoms with Crippen LogP contribution >= 0.6 is 0 Å². The number of hydrogen-bond acceptors (Lipinski definition) is 6. The Kier molecular flexibility index (Phi) is 7.97. The van der Waals surface area contributed by atoms with Gasteiger partial charge in [0.15, 0.2) is 0 Å². The summed E-state index contributed by atoms with van der Waals surface area (Å²) in [5.74, 6) is -1.21. The zero-order chi connectivity index (χ0) is 23.5. The summed E-state index contributed by atoms with van der Waals surface area (Å²) < 4.78 is 18.1. The van der Waals surface area contributed by atoms with Gasteiger partial charge in [-0.2, -0.15) is 0 Å². The lowest BCUT2D eigenvalue weighted by atomic mass is 9.84. The molecule has 0 saturated carbocycles. The van der Waals surface area contributed by atoms with E-state index in [2.05, 4.69) is 5.73 Å². The van der Waals surface area contributed by atoms with Crippen molar-refractivity contribution in [1.82, 2.24) is 0 Å². The molecule has 2 aliphatic rings. The van der Waals surface area contributed by atoms with Gasteiger partial charge >= 0.3 is 5.97 Å². The minimum absolute atomic E-state index is 0.0441. The molecule has 0 radical (unpaired) electrons. The van der Waals surface area contributed by atoms with E-state index in [0.29, 0.717) is 19.4 Å². The minimum Gasteiger partial charge on any atom is -0.457 e. The number of rotatable bonds is 4. The molecule has 6 heteroatoms. The van der Waals surface area contributed by atoms with E-state index in [9.17, 15) is 15.0 Å². The van der Waals surface area contributed by atoms with E-state index in [-0.39, 0.29) is 12.0 Å². The first-order valence-corrected chi connectivity index (χ1v) is 11.5. The van der Waals surface area contributed by atoms with E-state index in [4.69, 9.17) is 14.2 Å². The highest BCUT2D eigenvalue weighted by molar-refractivity contribution is 5.73. The van der Waals surface area contributed by atoms with Crippen LogP contribution in [-0.4, -0.2) is 52.3 Å². The van der Waals surface area contributed by atoms with Crippen molar-refractivity contribution in [2.45, 2.75) is 90.2 Å². The number of hydrogen-bond donors (Lipinski definition) is 2. The topological polar surface area (TPSA) is 85.2 Å². The lowest BCUT2D eigenvalue weighted by molar-refractivity contribution is -0.162. The van der Waals surface area contributed by atoms with Gasteiger partial charge in [0, 0.05) is 5.57 Å². The fourth-order valence-corrected chi connectivity index (χ4v) is 4.62. The summed E-state index contributed by atoms with van der Waals surface area (Å²) in [6.45, 7) is 9.76. The molecule has 2 N–H and O–H groups in total. The third-order valence-electron chi connectivity index (χ3n) is 6.72. The van der Waals surface area contributed by atoms with Gasteiger partial charge in [-0.15, -0.1) is 5.73 Å². The number of fused-ring (bicyclic) bond motifs is 2. The van der Waals surface area contributed by atoms with Crippen molar-refractivity contribution in [3.63, 3.8) is 0 Å². The zero-order valence-corrected chi connectivity index (χ0v) is 19.7. The van der Waals surface area contributed by atoms with Gasteiger partial charge in [-0.25, -0.2) is 0 Å². The van der Waals surface area contributed by atoms with Gasteiger partial charge in [-0.3, -0.25) is 4.79 Å². The van der Waals surface area contributed by atoms with Crippen LogP contribution in [-0.2, 0) is 25.6 Å². The largest absolute Gasteiger partial charge is 0.457 e. The Balaban J connectivity index is 1.94. The smallest absolute Gasteiger partial charge is 0.312 e. The lowest BCUT2D eigenvalue weighted by Gasteiger charge is -2.33. The molecule has 0 aromatic heterocycles. The SMILES string of the molecule is CCC1OC(=O)C(C)C2OC(C)(CC(C)C(OCc3ccccc3)C=C=C1C)C(O)C2O. The molecule has 0 spiro atoms. The van der Waals surface area contributed by atoms with E-state index in [1.807, 2.05) is 57.2 Å². The van der Waals surface area contributed by atoms with Crippen molar-refractivity contribution in [1.29, 1.82) is 0 Å². The standard InChI is InChI=1S/C26H36O6/c1-6-20-16(2)12-13-21(30-15-19-10-8-7-9-11-19)17(3)14-26(5)24(28)22(27)23(32-26)18(4)25(29)31-20/h7-11,13,17-18,20-24,27-28H,6,14-15H2,1-5H3. The van der Waals surface area contributed by atoms with Gasteiger partial charge in [-0.1, -0.05) is 44.2 Å². The highest BCUT2D eigenvalue weighted by atomic mass is 16.6. The third-order valence-corrected chi connectivity index (χ3v) is 6.72. The number of esters is 1. The molecule has 2 aliphatic heterocycles. The average Bonchev–Trinajstić information content (AvgIpc) is 3.00. The average molecular weight is 445 g/mol. The van der Waals surface area contributed by atoms with Gasteiger partial charge in [0.25, 0.3) is 0 Å². The molecule has 1 aromatic carbocycles. The van der Waals surface area contributed by atoms with Crippen LogP contribution in [0.25, 0.3) is 0 Å². The maximum atomic E-state index is 12.8. The van der Waals surface area contributed by atoms with Gasteiger partial charge in [0.1, 0.15) is 18.3 Å². The molecule has 0 aliphatic carbocycles. The van der Waals surface area contributed by atoms with Crippen LogP contribution in [0.1, 0.15) is 53.0 Å². The number of ether oxygens (including phenoxy) is 3. The van der Waals surface area contributed by atoms with Crippen molar-refractivity contribution in [3.05, 3.63) is 53.3 Å². The molecule has 1 saturated heterocycles. The molecule has 1 fully saturated rings. The van der Waals surface area contributed by atoms with Crippen molar-refractivity contribution in [2.24, 2.45) is 11.8 Å². The van der Waals surface area contributed by atoms with Crippen LogP contribution < -0.4 is 0 Å².